The fourth-order valence-corrected chi connectivity index (χ4v) is 1.71. The minimum absolute atomic E-state index is 0.0562. The van der Waals surface area contributed by atoms with Crippen LogP contribution in [-0.2, 0) is 9.47 Å². The van der Waals surface area contributed by atoms with Gasteiger partial charge >= 0.3 is 0 Å². The highest BCUT2D eigenvalue weighted by Gasteiger charge is 2.37. The van der Waals surface area contributed by atoms with Crippen LogP contribution in [0.1, 0.15) is 20.8 Å². The van der Waals surface area contributed by atoms with Gasteiger partial charge in [-0.15, -0.1) is 0 Å². The minimum atomic E-state index is -0.541. The molecular formula is C10H19O3. The van der Waals surface area contributed by atoms with E-state index in [4.69, 9.17) is 9.47 Å². The normalized spacial score (nSPS) is 41.1. The van der Waals surface area contributed by atoms with Gasteiger partial charge in [-0.2, -0.15) is 0 Å². The van der Waals surface area contributed by atoms with Crippen molar-refractivity contribution >= 4 is 0 Å². The Hall–Kier alpha value is -0.120. The van der Waals surface area contributed by atoms with E-state index in [1.54, 1.807) is 7.11 Å². The third-order valence-electron chi connectivity index (χ3n) is 2.43. The molecule has 1 radical (unpaired) electrons. The van der Waals surface area contributed by atoms with Crippen LogP contribution in [0.5, 0.6) is 0 Å². The highest BCUT2D eigenvalue weighted by atomic mass is 16.5. The van der Waals surface area contributed by atoms with Crippen LogP contribution in [-0.4, -0.2) is 36.6 Å². The fourth-order valence-electron chi connectivity index (χ4n) is 1.71. The van der Waals surface area contributed by atoms with Gasteiger partial charge in [0.25, 0.3) is 0 Å². The van der Waals surface area contributed by atoms with E-state index >= 15 is 0 Å². The summed E-state index contributed by atoms with van der Waals surface area (Å²) in [6.45, 7) is 6.05. The van der Waals surface area contributed by atoms with Gasteiger partial charge < -0.3 is 14.6 Å². The maximum Gasteiger partial charge on any atom is 0.107 e. The Bertz CT molecular complexity index is 158. The lowest BCUT2D eigenvalue weighted by molar-refractivity contribution is -0.158. The van der Waals surface area contributed by atoms with E-state index in [0.29, 0.717) is 5.92 Å². The topological polar surface area (TPSA) is 38.7 Å². The molecule has 0 bridgehead atoms. The largest absolute Gasteiger partial charge is 0.388 e. The number of methoxy groups -OCH3 is 1. The number of hydrogen-bond acceptors (Lipinski definition) is 3. The van der Waals surface area contributed by atoms with Crippen molar-refractivity contribution in [1.29, 1.82) is 0 Å². The van der Waals surface area contributed by atoms with E-state index in [-0.39, 0.29) is 18.3 Å². The molecular weight excluding hydrogens is 168 g/mol. The first-order valence-electron chi connectivity index (χ1n) is 4.77. The van der Waals surface area contributed by atoms with Gasteiger partial charge in [0.1, 0.15) is 6.10 Å². The predicted octanol–water partition coefficient (Wildman–Crippen LogP) is 1.01. The molecule has 1 N–H and O–H groups in total. The maximum atomic E-state index is 9.84. The lowest BCUT2D eigenvalue weighted by Crippen LogP contribution is -2.50. The van der Waals surface area contributed by atoms with Crippen molar-refractivity contribution in [1.82, 2.24) is 0 Å². The summed E-state index contributed by atoms with van der Waals surface area (Å²) < 4.78 is 10.8. The highest BCUT2D eigenvalue weighted by molar-refractivity contribution is 4.97. The molecule has 1 rings (SSSR count). The monoisotopic (exact) mass is 187 g/mol. The molecule has 0 spiro atoms. The molecule has 0 aromatic rings. The van der Waals surface area contributed by atoms with Gasteiger partial charge in [0.15, 0.2) is 0 Å². The van der Waals surface area contributed by atoms with Gasteiger partial charge in [0.2, 0.25) is 0 Å². The first-order chi connectivity index (χ1) is 6.06. The molecule has 1 aliphatic rings. The molecule has 1 aliphatic heterocycles. The molecule has 4 unspecified atom stereocenters. The number of aliphatic hydroxyl groups is 1. The molecule has 3 heteroatoms. The molecule has 1 saturated heterocycles. The molecule has 1 fully saturated rings. The zero-order chi connectivity index (χ0) is 10.0. The van der Waals surface area contributed by atoms with E-state index in [1.165, 1.54) is 0 Å². The van der Waals surface area contributed by atoms with Crippen molar-refractivity contribution < 1.29 is 14.6 Å². The van der Waals surface area contributed by atoms with E-state index in [2.05, 4.69) is 0 Å². The third-order valence-corrected chi connectivity index (χ3v) is 2.43. The number of aliphatic hydroxyl groups excluding tert-OH is 1. The summed E-state index contributed by atoms with van der Waals surface area (Å²) in [7, 11) is 1.61. The van der Waals surface area contributed by atoms with E-state index < -0.39 is 6.10 Å². The Balaban J connectivity index is 2.63. The summed E-state index contributed by atoms with van der Waals surface area (Å²) in [5, 5.41) is 9.84. The third kappa shape index (κ3) is 2.42. The van der Waals surface area contributed by atoms with Gasteiger partial charge in [0, 0.05) is 13.5 Å². The summed E-state index contributed by atoms with van der Waals surface area (Å²) in [6, 6.07) is 0. The maximum absolute atomic E-state index is 9.84. The number of hydrogen-bond donors (Lipinski definition) is 1. The molecule has 0 aliphatic carbocycles. The summed E-state index contributed by atoms with van der Waals surface area (Å²) in [6.07, 6.45) is 1.09. The van der Waals surface area contributed by atoms with E-state index in [9.17, 15) is 5.11 Å². The molecule has 0 amide bonds. The van der Waals surface area contributed by atoms with Gasteiger partial charge in [-0.3, -0.25) is 0 Å². The van der Waals surface area contributed by atoms with Crippen molar-refractivity contribution in [3.05, 3.63) is 6.42 Å². The Morgan fingerprint density at radius 3 is 2.54 bits per heavy atom. The molecule has 0 aromatic heterocycles. The lowest BCUT2D eigenvalue weighted by Gasteiger charge is -2.39. The average molecular weight is 187 g/mol. The first kappa shape index (κ1) is 11.0. The van der Waals surface area contributed by atoms with Crippen molar-refractivity contribution in [2.75, 3.05) is 7.11 Å². The van der Waals surface area contributed by atoms with Crippen LogP contribution in [0, 0.1) is 12.3 Å². The summed E-state index contributed by atoms with van der Waals surface area (Å²) in [5.41, 5.74) is 0. The van der Waals surface area contributed by atoms with Crippen LogP contribution >= 0.6 is 0 Å². The van der Waals surface area contributed by atoms with Crippen molar-refractivity contribution in [3.63, 3.8) is 0 Å². The second-order valence-corrected chi connectivity index (χ2v) is 3.93. The molecule has 1 heterocycles. The van der Waals surface area contributed by atoms with Gasteiger partial charge in [-0.05, 0) is 12.8 Å². The van der Waals surface area contributed by atoms with Crippen molar-refractivity contribution in [3.8, 4) is 0 Å². The standard InChI is InChI=1S/C10H19O3/c1-6(2)10-9(11)8(12-4)5-7(3)13-10/h5-11H,1-4H3. The number of ether oxygens (including phenoxy) is 2. The zero-order valence-corrected chi connectivity index (χ0v) is 8.73. The van der Waals surface area contributed by atoms with Gasteiger partial charge in [-0.25, -0.2) is 0 Å². The van der Waals surface area contributed by atoms with Crippen LogP contribution < -0.4 is 0 Å². The second-order valence-electron chi connectivity index (χ2n) is 3.93. The first-order valence-corrected chi connectivity index (χ1v) is 4.77. The predicted molar refractivity (Wildman–Crippen MR) is 50.3 cm³/mol. The van der Waals surface area contributed by atoms with Crippen molar-refractivity contribution in [2.45, 2.75) is 45.2 Å². The van der Waals surface area contributed by atoms with Crippen LogP contribution in [0.2, 0.25) is 0 Å². The van der Waals surface area contributed by atoms with Crippen LogP contribution in [0.25, 0.3) is 0 Å². The zero-order valence-electron chi connectivity index (χ0n) is 8.73. The van der Waals surface area contributed by atoms with Gasteiger partial charge in [-0.1, -0.05) is 13.8 Å². The van der Waals surface area contributed by atoms with Crippen LogP contribution in [0.4, 0.5) is 0 Å². The molecule has 4 atom stereocenters. The smallest absolute Gasteiger partial charge is 0.107 e. The summed E-state index contributed by atoms with van der Waals surface area (Å²) in [4.78, 5) is 0. The molecule has 0 aromatic carbocycles. The SMILES string of the molecule is COC1[CH]C(C)OC(C(C)C)C1O. The average Bonchev–Trinajstić information content (AvgIpc) is 2.08. The van der Waals surface area contributed by atoms with Crippen LogP contribution in [0.3, 0.4) is 0 Å². The van der Waals surface area contributed by atoms with E-state index in [0.717, 1.165) is 0 Å². The Labute approximate surface area is 80.0 Å². The van der Waals surface area contributed by atoms with Crippen molar-refractivity contribution in [2.24, 2.45) is 5.92 Å². The highest BCUT2D eigenvalue weighted by Crippen LogP contribution is 2.25. The van der Waals surface area contributed by atoms with E-state index in [1.807, 2.05) is 27.2 Å². The molecule has 3 nitrogen and oxygen atoms in total. The summed E-state index contributed by atoms with van der Waals surface area (Å²) >= 11 is 0. The fraction of sp³-hybridized carbons (Fsp3) is 0.900. The molecule has 13 heavy (non-hydrogen) atoms. The Morgan fingerprint density at radius 1 is 1.46 bits per heavy atom. The molecule has 77 valence electrons. The van der Waals surface area contributed by atoms with Crippen LogP contribution in [0.15, 0.2) is 0 Å². The Morgan fingerprint density at radius 2 is 2.08 bits per heavy atom. The lowest BCUT2D eigenvalue weighted by atomic mass is 9.91. The minimum Gasteiger partial charge on any atom is -0.388 e. The van der Waals surface area contributed by atoms with Gasteiger partial charge in [0.05, 0.1) is 18.3 Å². The second kappa shape index (κ2) is 4.40. The molecule has 0 saturated carbocycles. The number of rotatable bonds is 2. The Kier molecular flexibility index (Phi) is 3.71. The summed E-state index contributed by atoms with van der Waals surface area (Å²) in [5.74, 6) is 0.309. The quantitative estimate of drug-likeness (QED) is 0.701.